The van der Waals surface area contributed by atoms with Crippen LogP contribution in [0, 0.1) is 23.2 Å². The number of aliphatic hydroxyl groups excluding tert-OH is 1. The largest absolute Gasteiger partial charge is 0.411 e. The van der Waals surface area contributed by atoms with Crippen LogP contribution < -0.4 is 0 Å². The molecule has 38 heavy (non-hydrogen) atoms. The third kappa shape index (κ3) is 7.14. The molecule has 3 saturated carbocycles. The van der Waals surface area contributed by atoms with Gasteiger partial charge in [-0.2, -0.15) is 0 Å². The Balaban J connectivity index is 1.77. The maximum absolute atomic E-state index is 11.0. The molecule has 3 aliphatic carbocycles. The van der Waals surface area contributed by atoms with E-state index in [0.717, 1.165) is 30.8 Å². The van der Waals surface area contributed by atoms with E-state index in [4.69, 9.17) is 4.43 Å². The van der Waals surface area contributed by atoms with Gasteiger partial charge in [0.05, 0.1) is 17.3 Å². The van der Waals surface area contributed by atoms with Crippen LogP contribution in [0.15, 0.2) is 35.5 Å². The van der Waals surface area contributed by atoms with Crippen molar-refractivity contribution in [2.45, 2.75) is 155 Å². The molecule has 4 heteroatoms. The van der Waals surface area contributed by atoms with Gasteiger partial charge >= 0.3 is 0 Å². The summed E-state index contributed by atoms with van der Waals surface area (Å²) in [6, 6.07) is 0. The molecule has 0 saturated heterocycles. The lowest BCUT2D eigenvalue weighted by molar-refractivity contribution is 0.0139. The Bertz CT molecular complexity index is 917. The lowest BCUT2D eigenvalue weighted by atomic mass is 9.60. The Morgan fingerprint density at radius 3 is 2.39 bits per heavy atom. The minimum Gasteiger partial charge on any atom is -0.411 e. The highest BCUT2D eigenvalue weighted by molar-refractivity contribution is 6.74. The van der Waals surface area contributed by atoms with Crippen molar-refractivity contribution in [2.24, 2.45) is 23.2 Å². The lowest BCUT2D eigenvalue weighted by Crippen LogP contribution is -2.51. The van der Waals surface area contributed by atoms with Crippen LogP contribution >= 0.6 is 0 Å². The molecule has 3 nitrogen and oxygen atoms in total. The summed E-state index contributed by atoms with van der Waals surface area (Å²) in [6.45, 7) is 26.9. The van der Waals surface area contributed by atoms with Gasteiger partial charge in [0.2, 0.25) is 0 Å². The summed E-state index contributed by atoms with van der Waals surface area (Å²) in [6.07, 6.45) is 15.2. The fraction of sp³-hybridized carbons (Fsp3) is 0.824. The molecular formula is C34H60O3Si. The zero-order valence-corrected chi connectivity index (χ0v) is 27.5. The van der Waals surface area contributed by atoms with Crippen LogP contribution in [0.5, 0.6) is 0 Å². The first-order valence-electron chi connectivity index (χ1n) is 15.5. The van der Waals surface area contributed by atoms with Gasteiger partial charge in [0.15, 0.2) is 8.32 Å². The standard InChI is InChI=1S/C34H60O3Si/c1-24(14-12-20-32(6,7)36)28-18-19-29-26(15-13-21-34(28,29)9)16-17-27-22-33(8,23-30(35)25(27)2)37-38(10,11)31(3,4)5/h16-17,24,28-30,35-36H,2,12-15,18-23H2,1,3-11H3/b26-16+,27-17-/t24-,28?,29?,30-,33+,34+/m0/s1. The Morgan fingerprint density at radius 1 is 1.13 bits per heavy atom. The van der Waals surface area contributed by atoms with E-state index in [1.807, 2.05) is 13.8 Å². The van der Waals surface area contributed by atoms with E-state index >= 15 is 0 Å². The second kappa shape index (κ2) is 11.3. The molecule has 3 fully saturated rings. The minimum absolute atomic E-state index is 0.137. The molecule has 0 bridgehead atoms. The van der Waals surface area contributed by atoms with Crippen molar-refractivity contribution in [1.29, 1.82) is 0 Å². The first-order valence-corrected chi connectivity index (χ1v) is 18.4. The van der Waals surface area contributed by atoms with Crippen molar-refractivity contribution in [2.75, 3.05) is 0 Å². The maximum Gasteiger partial charge on any atom is 0.192 e. The van der Waals surface area contributed by atoms with Gasteiger partial charge in [-0.15, -0.1) is 0 Å². The summed E-state index contributed by atoms with van der Waals surface area (Å²) < 4.78 is 6.91. The highest BCUT2D eigenvalue weighted by atomic mass is 28.4. The number of rotatable bonds is 8. The van der Waals surface area contributed by atoms with Gasteiger partial charge < -0.3 is 14.6 Å². The van der Waals surface area contributed by atoms with Crippen LogP contribution in [0.4, 0.5) is 0 Å². The van der Waals surface area contributed by atoms with Crippen LogP contribution in [0.25, 0.3) is 0 Å². The van der Waals surface area contributed by atoms with Crippen LogP contribution in [-0.2, 0) is 4.43 Å². The Labute approximate surface area is 236 Å². The van der Waals surface area contributed by atoms with Crippen molar-refractivity contribution in [3.63, 3.8) is 0 Å². The molecule has 0 heterocycles. The molecule has 0 aromatic rings. The second-order valence-electron chi connectivity index (χ2n) is 15.9. The predicted molar refractivity (Wildman–Crippen MR) is 165 cm³/mol. The van der Waals surface area contributed by atoms with Gasteiger partial charge in [-0.25, -0.2) is 0 Å². The van der Waals surface area contributed by atoms with Gasteiger partial charge in [-0.1, -0.05) is 71.8 Å². The number of hydrogen-bond donors (Lipinski definition) is 2. The zero-order valence-electron chi connectivity index (χ0n) is 26.5. The van der Waals surface area contributed by atoms with E-state index in [0.29, 0.717) is 23.7 Å². The van der Waals surface area contributed by atoms with Crippen LogP contribution in [0.2, 0.25) is 18.1 Å². The summed E-state index contributed by atoms with van der Waals surface area (Å²) in [5.74, 6) is 2.12. The highest BCUT2D eigenvalue weighted by Gasteiger charge is 2.50. The smallest absolute Gasteiger partial charge is 0.192 e. The molecule has 218 valence electrons. The predicted octanol–water partition coefficient (Wildman–Crippen LogP) is 9.12. The number of fused-ring (bicyclic) bond motifs is 1. The summed E-state index contributed by atoms with van der Waals surface area (Å²) in [7, 11) is -1.96. The maximum atomic E-state index is 11.0. The highest BCUT2D eigenvalue weighted by Crippen LogP contribution is 2.60. The van der Waals surface area contributed by atoms with Crippen molar-refractivity contribution in [3.8, 4) is 0 Å². The Hall–Kier alpha value is -0.683. The molecule has 0 aromatic carbocycles. The van der Waals surface area contributed by atoms with E-state index in [1.165, 1.54) is 44.1 Å². The average Bonchev–Trinajstić information content (AvgIpc) is 3.10. The van der Waals surface area contributed by atoms with Crippen molar-refractivity contribution in [1.82, 2.24) is 0 Å². The molecule has 2 N–H and O–H groups in total. The third-order valence-electron chi connectivity index (χ3n) is 11.0. The van der Waals surface area contributed by atoms with E-state index in [-0.39, 0.29) is 10.6 Å². The molecule has 3 rings (SSSR count). The average molecular weight is 545 g/mol. The summed E-state index contributed by atoms with van der Waals surface area (Å²) in [5.41, 5.74) is 3.11. The minimum atomic E-state index is -1.96. The van der Waals surface area contributed by atoms with E-state index in [9.17, 15) is 10.2 Å². The van der Waals surface area contributed by atoms with Gasteiger partial charge in [0, 0.05) is 12.8 Å². The SMILES string of the molecule is C=C1/C(=C\C=C2/CCC[C@@]3(C)C2CCC3[C@@H](C)CCCC(C)(C)O)C[C@@](C)(O[Si](C)(C)C(C)(C)C)C[C@@H]1O. The molecule has 0 aliphatic heterocycles. The van der Waals surface area contributed by atoms with E-state index in [2.05, 4.69) is 73.4 Å². The second-order valence-corrected chi connectivity index (χ2v) is 20.7. The van der Waals surface area contributed by atoms with Crippen LogP contribution in [0.3, 0.4) is 0 Å². The molecule has 0 amide bonds. The first-order chi connectivity index (χ1) is 17.3. The monoisotopic (exact) mass is 544 g/mol. The summed E-state index contributed by atoms with van der Waals surface area (Å²) in [5, 5.41) is 21.3. The van der Waals surface area contributed by atoms with E-state index < -0.39 is 20.0 Å². The van der Waals surface area contributed by atoms with Gasteiger partial charge in [0.25, 0.3) is 0 Å². The molecule has 6 atom stereocenters. The molecule has 0 spiro atoms. The topological polar surface area (TPSA) is 49.7 Å². The fourth-order valence-electron chi connectivity index (χ4n) is 7.83. The fourth-order valence-corrected chi connectivity index (χ4v) is 9.52. The normalized spacial score (nSPS) is 36.1. The summed E-state index contributed by atoms with van der Waals surface area (Å²) in [4.78, 5) is 0. The lowest BCUT2D eigenvalue weighted by Gasteiger charge is -2.47. The van der Waals surface area contributed by atoms with Crippen molar-refractivity contribution in [3.05, 3.63) is 35.5 Å². The quantitative estimate of drug-likeness (QED) is 0.300. The molecule has 0 radical (unpaired) electrons. The molecular weight excluding hydrogens is 484 g/mol. The number of allylic oxidation sites excluding steroid dienone is 3. The van der Waals surface area contributed by atoms with Crippen molar-refractivity contribution >= 4 is 8.32 Å². The van der Waals surface area contributed by atoms with Gasteiger partial charge in [-0.05, 0) is 112 Å². The molecule has 2 unspecified atom stereocenters. The van der Waals surface area contributed by atoms with Crippen molar-refractivity contribution < 1.29 is 14.6 Å². The first kappa shape index (κ1) is 31.8. The summed E-state index contributed by atoms with van der Waals surface area (Å²) >= 11 is 0. The molecule has 3 aliphatic rings. The Morgan fingerprint density at radius 2 is 1.79 bits per heavy atom. The van der Waals surface area contributed by atoms with Crippen LogP contribution in [0.1, 0.15) is 120 Å². The Kier molecular flexibility index (Phi) is 9.47. The van der Waals surface area contributed by atoms with E-state index in [1.54, 1.807) is 5.57 Å². The van der Waals surface area contributed by atoms with Crippen LogP contribution in [-0.4, -0.2) is 35.8 Å². The third-order valence-corrected chi connectivity index (χ3v) is 15.6. The molecule has 0 aromatic heterocycles. The zero-order chi connectivity index (χ0) is 28.7. The number of aliphatic hydroxyl groups is 2. The van der Waals surface area contributed by atoms with Gasteiger partial charge in [-0.3, -0.25) is 0 Å². The van der Waals surface area contributed by atoms with Gasteiger partial charge in [0.1, 0.15) is 0 Å². The number of hydrogen-bond acceptors (Lipinski definition) is 3.